The summed E-state index contributed by atoms with van der Waals surface area (Å²) in [5.41, 5.74) is 5.51. The molecule has 0 N–H and O–H groups in total. The van der Waals surface area contributed by atoms with Crippen LogP contribution in [0.4, 0.5) is 0 Å². The van der Waals surface area contributed by atoms with Crippen LogP contribution in [0.2, 0.25) is 0 Å². The molecule has 1 aromatic heterocycles. The zero-order valence-corrected chi connectivity index (χ0v) is 26.0. The molecule has 0 atom stereocenters. The lowest BCUT2D eigenvalue weighted by Crippen LogP contribution is -1.91. The molecule has 0 bridgehead atoms. The molecule has 0 radical (unpaired) electrons. The van der Waals surface area contributed by atoms with E-state index < -0.39 is 42.3 Å². The third-order valence-electron chi connectivity index (χ3n) is 9.40. The van der Waals surface area contributed by atoms with E-state index in [1.807, 2.05) is 72.8 Å². The van der Waals surface area contributed by atoms with Crippen LogP contribution in [0, 0.1) is 0 Å². The second-order valence-electron chi connectivity index (χ2n) is 12.1. The van der Waals surface area contributed by atoms with E-state index in [-0.39, 0.29) is 28.8 Å². The lowest BCUT2D eigenvalue weighted by molar-refractivity contribution is 0.669. The van der Waals surface area contributed by atoms with Gasteiger partial charge in [0.1, 0.15) is 11.2 Å². The van der Waals surface area contributed by atoms with Gasteiger partial charge in [-0.05, 0) is 101 Å². The van der Waals surface area contributed by atoms with Crippen LogP contribution in [0.15, 0.2) is 186 Å². The molecule has 49 heavy (non-hydrogen) atoms. The Labute approximate surface area is 297 Å². The number of rotatable bonds is 4. The molecule has 9 aromatic carbocycles. The standard InChI is InChI=1S/C48H30O/c1-2-12-31(13-3-1)34-16-10-17-37(28-34)47-41-20-8-6-18-39(41)46(40-19-7-9-21-42(40)47)33-26-24-32(25-27-33)38-22-11-23-44-48(38)43-29-35-14-4-5-15-36(35)30-45(43)49-44/h1-30H/i1D,2D,3D,10D,12D,13D,16D,17D,28D. The van der Waals surface area contributed by atoms with Crippen molar-refractivity contribution in [2.45, 2.75) is 0 Å². The zero-order valence-electron chi connectivity index (χ0n) is 35.0. The van der Waals surface area contributed by atoms with Crippen molar-refractivity contribution in [2.75, 3.05) is 0 Å². The first kappa shape index (κ1) is 20.0. The summed E-state index contributed by atoms with van der Waals surface area (Å²) in [6.07, 6.45) is 0. The molecule has 0 saturated carbocycles. The van der Waals surface area contributed by atoms with E-state index in [4.69, 9.17) is 14.0 Å². The molecule has 228 valence electrons. The van der Waals surface area contributed by atoms with Crippen molar-refractivity contribution < 1.29 is 16.8 Å². The third kappa shape index (κ3) is 4.47. The summed E-state index contributed by atoms with van der Waals surface area (Å²) in [5, 5.41) is 7.43. The maximum absolute atomic E-state index is 9.53. The van der Waals surface area contributed by atoms with Gasteiger partial charge in [0.25, 0.3) is 0 Å². The lowest BCUT2D eigenvalue weighted by Gasteiger charge is -2.18. The first-order valence-corrected chi connectivity index (χ1v) is 16.1. The number of benzene rings is 9. The number of fused-ring (bicyclic) bond motifs is 6. The van der Waals surface area contributed by atoms with E-state index in [0.717, 1.165) is 65.7 Å². The Bertz CT molecular complexity index is 3300. The summed E-state index contributed by atoms with van der Waals surface area (Å²) in [4.78, 5) is 0. The maximum Gasteiger partial charge on any atom is 0.136 e. The van der Waals surface area contributed by atoms with Gasteiger partial charge in [0, 0.05) is 10.8 Å². The van der Waals surface area contributed by atoms with E-state index in [9.17, 15) is 2.74 Å². The van der Waals surface area contributed by atoms with Crippen molar-refractivity contribution in [3.8, 4) is 44.5 Å². The van der Waals surface area contributed by atoms with Gasteiger partial charge in [0.2, 0.25) is 0 Å². The Hall–Kier alpha value is -6.44. The molecule has 0 aliphatic carbocycles. The van der Waals surface area contributed by atoms with Gasteiger partial charge in [0.05, 0.1) is 12.3 Å². The minimum absolute atomic E-state index is 0.0466. The van der Waals surface area contributed by atoms with Crippen LogP contribution < -0.4 is 0 Å². The molecule has 0 saturated heterocycles. The zero-order chi connectivity index (χ0) is 40.1. The fourth-order valence-electron chi connectivity index (χ4n) is 7.25. The van der Waals surface area contributed by atoms with E-state index >= 15 is 0 Å². The minimum Gasteiger partial charge on any atom is -0.456 e. The highest BCUT2D eigenvalue weighted by molar-refractivity contribution is 6.22. The molecule has 10 rings (SSSR count). The smallest absolute Gasteiger partial charge is 0.136 e. The molecule has 1 heterocycles. The number of furan rings is 1. The highest BCUT2D eigenvalue weighted by atomic mass is 16.3. The summed E-state index contributed by atoms with van der Waals surface area (Å²) < 4.78 is 84.8. The third-order valence-corrected chi connectivity index (χ3v) is 9.40. The molecule has 0 aliphatic heterocycles. The van der Waals surface area contributed by atoms with Crippen molar-refractivity contribution >= 4 is 54.3 Å². The largest absolute Gasteiger partial charge is 0.456 e. The first-order valence-electron chi connectivity index (χ1n) is 20.6. The average molecular weight is 632 g/mol. The fourth-order valence-corrected chi connectivity index (χ4v) is 7.25. The highest BCUT2D eigenvalue weighted by Gasteiger charge is 2.18. The molecule has 0 aliphatic rings. The minimum atomic E-state index is -0.604. The van der Waals surface area contributed by atoms with E-state index in [0.29, 0.717) is 16.3 Å². The Morgan fingerprint density at radius 1 is 0.388 bits per heavy atom. The maximum atomic E-state index is 9.53. The van der Waals surface area contributed by atoms with E-state index in [2.05, 4.69) is 54.6 Å². The second kappa shape index (κ2) is 11.1. The molecule has 0 unspecified atom stereocenters. The normalized spacial score (nSPS) is 14.2. The molecular weight excluding hydrogens is 593 g/mol. The van der Waals surface area contributed by atoms with Gasteiger partial charge in [-0.25, -0.2) is 0 Å². The molecule has 0 amide bonds. The number of hydrogen-bond acceptors (Lipinski definition) is 1. The van der Waals surface area contributed by atoms with E-state index in [1.165, 1.54) is 0 Å². The van der Waals surface area contributed by atoms with Gasteiger partial charge in [-0.2, -0.15) is 0 Å². The monoisotopic (exact) mass is 631 g/mol. The van der Waals surface area contributed by atoms with Crippen molar-refractivity contribution in [2.24, 2.45) is 0 Å². The topological polar surface area (TPSA) is 13.1 Å². The van der Waals surface area contributed by atoms with Gasteiger partial charge in [0.15, 0.2) is 0 Å². The molecule has 0 fully saturated rings. The summed E-state index contributed by atoms with van der Waals surface area (Å²) in [5.74, 6) is 0. The average Bonchev–Trinajstić information content (AvgIpc) is 3.62. The second-order valence-corrected chi connectivity index (χ2v) is 12.1. The molecule has 10 aromatic rings. The van der Waals surface area contributed by atoms with Gasteiger partial charge < -0.3 is 4.42 Å². The Balaban J connectivity index is 1.19. The van der Waals surface area contributed by atoms with Gasteiger partial charge in [-0.15, -0.1) is 0 Å². The molecular formula is C48H30O. The summed E-state index contributed by atoms with van der Waals surface area (Å²) in [6.45, 7) is 0. The van der Waals surface area contributed by atoms with Crippen LogP contribution in [0.3, 0.4) is 0 Å². The van der Waals surface area contributed by atoms with Crippen LogP contribution in [-0.4, -0.2) is 0 Å². The molecule has 1 heteroatoms. The fraction of sp³-hybridized carbons (Fsp3) is 0. The Kier molecular flexibility index (Phi) is 4.53. The Morgan fingerprint density at radius 2 is 0.959 bits per heavy atom. The summed E-state index contributed by atoms with van der Waals surface area (Å²) >= 11 is 0. The lowest BCUT2D eigenvalue weighted by atomic mass is 9.85. The van der Waals surface area contributed by atoms with Crippen LogP contribution >= 0.6 is 0 Å². The SMILES string of the molecule is [2H]c1c([2H])c([2H])c(-c2c([2H])c([2H])c([2H])c(-c3c4ccccc4c(-c4ccc(-c5cccc6oc7cc8ccccc8cc7c56)cc4)c4ccccc34)c2[2H])c([2H])c1[2H]. The van der Waals surface area contributed by atoms with Gasteiger partial charge in [-0.1, -0.05) is 158 Å². The predicted molar refractivity (Wildman–Crippen MR) is 208 cm³/mol. The van der Waals surface area contributed by atoms with Crippen LogP contribution in [0.25, 0.3) is 98.8 Å². The summed E-state index contributed by atoms with van der Waals surface area (Å²) in [6, 6.07) is 37.7. The van der Waals surface area contributed by atoms with Crippen LogP contribution in [0.5, 0.6) is 0 Å². The first-order chi connectivity index (χ1) is 28.0. The van der Waals surface area contributed by atoms with Crippen molar-refractivity contribution in [3.63, 3.8) is 0 Å². The quantitative estimate of drug-likeness (QED) is 0.176. The van der Waals surface area contributed by atoms with Crippen molar-refractivity contribution in [3.05, 3.63) is 182 Å². The predicted octanol–water partition coefficient (Wildman–Crippen LogP) is 13.7. The molecule has 1 nitrogen and oxygen atoms in total. The number of hydrogen-bond donors (Lipinski definition) is 0. The van der Waals surface area contributed by atoms with Crippen LogP contribution in [-0.2, 0) is 0 Å². The van der Waals surface area contributed by atoms with Crippen molar-refractivity contribution in [1.29, 1.82) is 0 Å². The summed E-state index contributed by atoms with van der Waals surface area (Å²) in [7, 11) is 0. The van der Waals surface area contributed by atoms with Gasteiger partial charge in [-0.3, -0.25) is 0 Å². The van der Waals surface area contributed by atoms with E-state index in [1.54, 1.807) is 0 Å². The van der Waals surface area contributed by atoms with Crippen LogP contribution in [0.1, 0.15) is 12.3 Å². The highest BCUT2D eigenvalue weighted by Crippen LogP contribution is 2.45. The molecule has 0 spiro atoms. The van der Waals surface area contributed by atoms with Crippen molar-refractivity contribution in [1.82, 2.24) is 0 Å². The Morgan fingerprint density at radius 3 is 1.65 bits per heavy atom. The van der Waals surface area contributed by atoms with Gasteiger partial charge >= 0.3 is 0 Å².